The van der Waals surface area contributed by atoms with Gasteiger partial charge in [0.1, 0.15) is 12.4 Å². The molecule has 0 bridgehead atoms. The predicted molar refractivity (Wildman–Crippen MR) is 84.9 cm³/mol. The Bertz CT molecular complexity index is 691. The van der Waals surface area contributed by atoms with E-state index in [-0.39, 0.29) is 0 Å². The summed E-state index contributed by atoms with van der Waals surface area (Å²) >= 11 is 1.54. The Hall–Kier alpha value is -2.26. The summed E-state index contributed by atoms with van der Waals surface area (Å²) in [4.78, 5) is 0. The van der Waals surface area contributed by atoms with Crippen LogP contribution in [0.25, 0.3) is 11.1 Å². The highest BCUT2D eigenvalue weighted by Gasteiger charge is 2.07. The van der Waals surface area contributed by atoms with E-state index in [9.17, 15) is 0 Å². The van der Waals surface area contributed by atoms with Crippen LogP contribution in [0.3, 0.4) is 0 Å². The van der Waals surface area contributed by atoms with Crippen molar-refractivity contribution >= 4 is 16.3 Å². The van der Waals surface area contributed by atoms with Gasteiger partial charge in [-0.25, -0.2) is 0 Å². The number of rotatable bonds is 4. The standard InChI is InChI=1S/C17H15NOS/c18-17-10-14(12-20-17)15-8-4-5-9-16(15)19-11-13-6-2-1-3-7-13/h1-10,12H,11,18H2. The van der Waals surface area contributed by atoms with Crippen molar-refractivity contribution in [2.75, 3.05) is 5.73 Å². The van der Waals surface area contributed by atoms with Crippen LogP contribution in [0.2, 0.25) is 0 Å². The first kappa shape index (κ1) is 12.8. The van der Waals surface area contributed by atoms with Gasteiger partial charge in [0.05, 0.1) is 5.00 Å². The molecule has 0 aliphatic rings. The maximum absolute atomic E-state index is 5.95. The maximum atomic E-state index is 5.95. The lowest BCUT2D eigenvalue weighted by atomic mass is 10.1. The zero-order valence-electron chi connectivity index (χ0n) is 11.0. The molecule has 1 heterocycles. The van der Waals surface area contributed by atoms with Crippen LogP contribution in [0.1, 0.15) is 5.56 Å². The average Bonchev–Trinajstić information content (AvgIpc) is 2.93. The first-order valence-electron chi connectivity index (χ1n) is 6.43. The Kier molecular flexibility index (Phi) is 3.70. The third kappa shape index (κ3) is 2.83. The number of thiophene rings is 1. The number of hydrogen-bond acceptors (Lipinski definition) is 3. The summed E-state index contributed by atoms with van der Waals surface area (Å²) in [5.41, 5.74) is 9.16. The summed E-state index contributed by atoms with van der Waals surface area (Å²) in [6.45, 7) is 0.567. The van der Waals surface area contributed by atoms with Crippen molar-refractivity contribution in [2.45, 2.75) is 6.61 Å². The third-order valence-corrected chi connectivity index (χ3v) is 3.82. The van der Waals surface area contributed by atoms with Gasteiger partial charge in [0.25, 0.3) is 0 Å². The minimum absolute atomic E-state index is 0.567. The normalized spacial score (nSPS) is 10.4. The average molecular weight is 281 g/mol. The van der Waals surface area contributed by atoms with Gasteiger partial charge in [-0.1, -0.05) is 48.5 Å². The smallest absolute Gasteiger partial charge is 0.127 e. The Morgan fingerprint density at radius 1 is 0.950 bits per heavy atom. The molecule has 2 aromatic carbocycles. The molecule has 0 amide bonds. The molecule has 0 aliphatic heterocycles. The van der Waals surface area contributed by atoms with E-state index < -0.39 is 0 Å². The van der Waals surface area contributed by atoms with Gasteiger partial charge in [0.15, 0.2) is 0 Å². The summed E-state index contributed by atoms with van der Waals surface area (Å²) in [5, 5.41) is 2.87. The summed E-state index contributed by atoms with van der Waals surface area (Å²) in [6.07, 6.45) is 0. The molecule has 3 rings (SSSR count). The van der Waals surface area contributed by atoms with Gasteiger partial charge in [-0.3, -0.25) is 0 Å². The molecular formula is C17H15NOS. The SMILES string of the molecule is Nc1cc(-c2ccccc2OCc2ccccc2)cs1. The fourth-order valence-corrected chi connectivity index (χ4v) is 2.71. The fraction of sp³-hybridized carbons (Fsp3) is 0.0588. The molecule has 0 unspecified atom stereocenters. The molecule has 0 radical (unpaired) electrons. The van der Waals surface area contributed by atoms with E-state index in [4.69, 9.17) is 10.5 Å². The Labute approximate surface area is 122 Å². The van der Waals surface area contributed by atoms with Crippen molar-refractivity contribution < 1.29 is 4.74 Å². The van der Waals surface area contributed by atoms with Gasteiger partial charge < -0.3 is 10.5 Å². The minimum atomic E-state index is 0.567. The second kappa shape index (κ2) is 5.80. The van der Waals surface area contributed by atoms with Gasteiger partial charge in [0.2, 0.25) is 0 Å². The summed E-state index contributed by atoms with van der Waals surface area (Å²) < 4.78 is 5.95. The Morgan fingerprint density at radius 2 is 1.70 bits per heavy atom. The van der Waals surface area contributed by atoms with Crippen LogP contribution in [0, 0.1) is 0 Å². The number of anilines is 1. The number of nitrogen functional groups attached to an aromatic ring is 1. The van der Waals surface area contributed by atoms with Crippen molar-refractivity contribution in [2.24, 2.45) is 0 Å². The number of para-hydroxylation sites is 1. The molecule has 3 heteroatoms. The van der Waals surface area contributed by atoms with Crippen LogP contribution in [-0.4, -0.2) is 0 Å². The van der Waals surface area contributed by atoms with Crippen LogP contribution >= 0.6 is 11.3 Å². The molecule has 0 saturated heterocycles. The van der Waals surface area contributed by atoms with Gasteiger partial charge in [-0.2, -0.15) is 0 Å². The molecule has 20 heavy (non-hydrogen) atoms. The molecule has 2 nitrogen and oxygen atoms in total. The van der Waals surface area contributed by atoms with Gasteiger partial charge in [0, 0.05) is 10.9 Å². The molecule has 1 aromatic heterocycles. The lowest BCUT2D eigenvalue weighted by molar-refractivity contribution is 0.307. The molecule has 0 atom stereocenters. The predicted octanol–water partition coefficient (Wildman–Crippen LogP) is 4.58. The third-order valence-electron chi connectivity index (χ3n) is 3.05. The zero-order valence-corrected chi connectivity index (χ0v) is 11.8. The minimum Gasteiger partial charge on any atom is -0.488 e. The van der Waals surface area contributed by atoms with E-state index in [2.05, 4.69) is 23.6 Å². The van der Waals surface area contributed by atoms with Crippen molar-refractivity contribution in [3.8, 4) is 16.9 Å². The molecule has 2 N–H and O–H groups in total. The molecule has 0 fully saturated rings. The Morgan fingerprint density at radius 3 is 2.45 bits per heavy atom. The molecule has 0 aliphatic carbocycles. The maximum Gasteiger partial charge on any atom is 0.127 e. The van der Waals surface area contributed by atoms with E-state index in [0.29, 0.717) is 6.61 Å². The highest BCUT2D eigenvalue weighted by molar-refractivity contribution is 7.14. The largest absolute Gasteiger partial charge is 0.488 e. The topological polar surface area (TPSA) is 35.2 Å². The van der Waals surface area contributed by atoms with Crippen molar-refractivity contribution in [3.05, 3.63) is 71.6 Å². The number of ether oxygens (including phenoxy) is 1. The Balaban J connectivity index is 1.83. The van der Waals surface area contributed by atoms with E-state index >= 15 is 0 Å². The monoisotopic (exact) mass is 281 g/mol. The van der Waals surface area contributed by atoms with Gasteiger partial charge in [-0.05, 0) is 23.3 Å². The van der Waals surface area contributed by atoms with Crippen molar-refractivity contribution in [1.82, 2.24) is 0 Å². The van der Waals surface area contributed by atoms with E-state index in [1.165, 1.54) is 0 Å². The first-order chi connectivity index (χ1) is 9.83. The first-order valence-corrected chi connectivity index (χ1v) is 7.31. The van der Waals surface area contributed by atoms with Crippen LogP contribution in [0.5, 0.6) is 5.75 Å². The highest BCUT2D eigenvalue weighted by Crippen LogP contribution is 2.34. The second-order valence-corrected chi connectivity index (χ2v) is 5.45. The van der Waals surface area contributed by atoms with Crippen LogP contribution in [0.4, 0.5) is 5.00 Å². The van der Waals surface area contributed by atoms with Crippen molar-refractivity contribution in [3.63, 3.8) is 0 Å². The number of benzene rings is 2. The zero-order chi connectivity index (χ0) is 13.8. The highest BCUT2D eigenvalue weighted by atomic mass is 32.1. The fourth-order valence-electron chi connectivity index (χ4n) is 2.06. The number of nitrogens with two attached hydrogens (primary N) is 1. The lowest BCUT2D eigenvalue weighted by Gasteiger charge is -2.10. The van der Waals surface area contributed by atoms with Gasteiger partial charge in [-0.15, -0.1) is 11.3 Å². The lowest BCUT2D eigenvalue weighted by Crippen LogP contribution is -1.96. The molecule has 0 saturated carbocycles. The van der Waals surface area contributed by atoms with Crippen LogP contribution in [-0.2, 0) is 6.61 Å². The van der Waals surface area contributed by atoms with Crippen LogP contribution < -0.4 is 10.5 Å². The van der Waals surface area contributed by atoms with E-state index in [0.717, 1.165) is 27.4 Å². The summed E-state index contributed by atoms with van der Waals surface area (Å²) in [5.74, 6) is 0.883. The van der Waals surface area contributed by atoms with Crippen molar-refractivity contribution in [1.29, 1.82) is 0 Å². The quantitative estimate of drug-likeness (QED) is 0.760. The second-order valence-electron chi connectivity index (χ2n) is 4.51. The molecule has 0 spiro atoms. The summed E-state index contributed by atoms with van der Waals surface area (Å²) in [6, 6.07) is 20.2. The number of hydrogen-bond donors (Lipinski definition) is 1. The van der Waals surface area contributed by atoms with Crippen LogP contribution in [0.15, 0.2) is 66.0 Å². The molecule has 100 valence electrons. The van der Waals surface area contributed by atoms with Gasteiger partial charge >= 0.3 is 0 Å². The van der Waals surface area contributed by atoms with E-state index in [1.54, 1.807) is 11.3 Å². The van der Waals surface area contributed by atoms with E-state index in [1.807, 2.05) is 42.5 Å². The molecular weight excluding hydrogens is 266 g/mol. The molecule has 3 aromatic rings. The summed E-state index contributed by atoms with van der Waals surface area (Å²) in [7, 11) is 0.